The summed E-state index contributed by atoms with van der Waals surface area (Å²) < 4.78 is 0. The van der Waals surface area contributed by atoms with Crippen LogP contribution in [0.2, 0.25) is 0 Å². The van der Waals surface area contributed by atoms with E-state index < -0.39 is 0 Å². The van der Waals surface area contributed by atoms with Gasteiger partial charge in [0.2, 0.25) is 5.91 Å². The summed E-state index contributed by atoms with van der Waals surface area (Å²) in [6.45, 7) is 3.07. The minimum atomic E-state index is -0.210. The molecule has 1 aromatic rings. The number of piperidine rings is 1. The topological polar surface area (TPSA) is 49.4 Å². The van der Waals surface area contributed by atoms with Crippen LogP contribution >= 0.6 is 0 Å². The quantitative estimate of drug-likeness (QED) is 0.867. The maximum absolute atomic E-state index is 13.0. The number of hydrogen-bond donors (Lipinski definition) is 1. The predicted molar refractivity (Wildman–Crippen MR) is 94.9 cm³/mol. The molecule has 0 radical (unpaired) electrons. The van der Waals surface area contributed by atoms with Crippen LogP contribution in [0.5, 0.6) is 0 Å². The van der Waals surface area contributed by atoms with Crippen LogP contribution in [-0.2, 0) is 9.59 Å². The van der Waals surface area contributed by atoms with Crippen LogP contribution in [0.3, 0.4) is 0 Å². The lowest BCUT2D eigenvalue weighted by atomic mass is 9.75. The average molecular weight is 326 g/mol. The minimum Gasteiger partial charge on any atom is -0.337 e. The van der Waals surface area contributed by atoms with Crippen molar-refractivity contribution in [1.29, 1.82) is 0 Å². The summed E-state index contributed by atoms with van der Waals surface area (Å²) in [4.78, 5) is 26.4. The van der Waals surface area contributed by atoms with Crippen molar-refractivity contribution < 1.29 is 9.59 Å². The number of likely N-dealkylation sites (tertiary alicyclic amines) is 1. The van der Waals surface area contributed by atoms with Crippen molar-refractivity contribution >= 4 is 17.9 Å². The van der Waals surface area contributed by atoms with E-state index in [9.17, 15) is 9.59 Å². The molecular formula is C20H26N2O2. The number of fused-ring (bicyclic) bond motifs is 1. The van der Waals surface area contributed by atoms with Crippen molar-refractivity contribution in [3.8, 4) is 0 Å². The summed E-state index contributed by atoms with van der Waals surface area (Å²) in [5, 5.41) is 2.73. The second-order valence-electron chi connectivity index (χ2n) is 6.99. The molecule has 2 amide bonds. The van der Waals surface area contributed by atoms with Crippen LogP contribution in [-0.4, -0.2) is 29.8 Å². The average Bonchev–Trinajstić information content (AvgIpc) is 2.60. The van der Waals surface area contributed by atoms with Gasteiger partial charge in [0.25, 0.3) is 5.91 Å². The first kappa shape index (κ1) is 16.7. The molecule has 2 fully saturated rings. The second-order valence-corrected chi connectivity index (χ2v) is 6.99. The Balaban J connectivity index is 1.76. The minimum absolute atomic E-state index is 0.0573. The van der Waals surface area contributed by atoms with Gasteiger partial charge in [-0.05, 0) is 36.3 Å². The Morgan fingerprint density at radius 3 is 2.50 bits per heavy atom. The van der Waals surface area contributed by atoms with Gasteiger partial charge in [-0.15, -0.1) is 0 Å². The van der Waals surface area contributed by atoms with E-state index in [0.717, 1.165) is 31.0 Å². The molecule has 4 heteroatoms. The summed E-state index contributed by atoms with van der Waals surface area (Å²) in [5.74, 6) is 1.15. The van der Waals surface area contributed by atoms with Crippen LogP contribution < -0.4 is 5.32 Å². The molecule has 0 spiro atoms. The van der Waals surface area contributed by atoms with E-state index in [4.69, 9.17) is 0 Å². The van der Waals surface area contributed by atoms with E-state index in [2.05, 4.69) is 5.32 Å². The Bertz CT molecular complexity index is 624. The van der Waals surface area contributed by atoms with Gasteiger partial charge in [0.15, 0.2) is 0 Å². The van der Waals surface area contributed by atoms with Crippen LogP contribution in [0, 0.1) is 11.8 Å². The zero-order valence-electron chi connectivity index (χ0n) is 14.3. The van der Waals surface area contributed by atoms with Gasteiger partial charge in [-0.1, -0.05) is 49.6 Å². The van der Waals surface area contributed by atoms with Gasteiger partial charge in [0.05, 0.1) is 0 Å². The molecule has 1 aromatic carbocycles. The lowest BCUT2D eigenvalue weighted by molar-refractivity contribution is -0.132. The van der Waals surface area contributed by atoms with Gasteiger partial charge in [0.1, 0.15) is 5.70 Å². The fourth-order valence-corrected chi connectivity index (χ4v) is 4.01. The number of hydrogen-bond acceptors (Lipinski definition) is 2. The molecule has 1 saturated heterocycles. The Hall–Kier alpha value is -2.10. The summed E-state index contributed by atoms with van der Waals surface area (Å²) in [7, 11) is 0. The zero-order valence-corrected chi connectivity index (χ0v) is 14.3. The van der Waals surface area contributed by atoms with E-state index in [1.807, 2.05) is 35.2 Å². The zero-order chi connectivity index (χ0) is 16.9. The number of benzene rings is 1. The molecule has 2 atom stereocenters. The summed E-state index contributed by atoms with van der Waals surface area (Å²) >= 11 is 0. The number of nitrogens with one attached hydrogen (secondary N) is 1. The molecule has 1 saturated carbocycles. The molecule has 1 N–H and O–H groups in total. The third-order valence-corrected chi connectivity index (χ3v) is 5.23. The molecule has 3 rings (SSSR count). The molecule has 1 heterocycles. The highest BCUT2D eigenvalue weighted by Crippen LogP contribution is 2.36. The van der Waals surface area contributed by atoms with Crippen molar-refractivity contribution in [1.82, 2.24) is 10.2 Å². The third-order valence-electron chi connectivity index (χ3n) is 5.23. The van der Waals surface area contributed by atoms with Crippen molar-refractivity contribution in [3.63, 3.8) is 0 Å². The predicted octanol–water partition coefficient (Wildman–Crippen LogP) is 3.20. The van der Waals surface area contributed by atoms with E-state index in [0.29, 0.717) is 11.6 Å². The first-order valence-corrected chi connectivity index (χ1v) is 8.97. The van der Waals surface area contributed by atoms with Crippen molar-refractivity contribution in [2.24, 2.45) is 11.8 Å². The number of amides is 2. The molecule has 2 aliphatic rings. The van der Waals surface area contributed by atoms with Crippen LogP contribution in [0.1, 0.15) is 44.6 Å². The normalized spacial score (nSPS) is 24.2. The van der Waals surface area contributed by atoms with E-state index in [1.165, 1.54) is 32.6 Å². The van der Waals surface area contributed by atoms with Crippen LogP contribution in [0.4, 0.5) is 0 Å². The fourth-order valence-electron chi connectivity index (χ4n) is 4.01. The van der Waals surface area contributed by atoms with Crippen LogP contribution in [0.15, 0.2) is 36.0 Å². The smallest absolute Gasteiger partial charge is 0.270 e. The SMILES string of the molecule is CC(=O)N/C(=C\c1ccccc1)C(=O)N1CC[C@@H]2CCCC[C@H]2C1. The number of carbonyl (C=O) groups excluding carboxylic acids is 2. The Morgan fingerprint density at radius 2 is 1.79 bits per heavy atom. The van der Waals surface area contributed by atoms with E-state index in [1.54, 1.807) is 6.08 Å². The number of rotatable bonds is 3. The molecular weight excluding hydrogens is 300 g/mol. The van der Waals surface area contributed by atoms with Gasteiger partial charge >= 0.3 is 0 Å². The third kappa shape index (κ3) is 4.05. The molecule has 24 heavy (non-hydrogen) atoms. The second kappa shape index (κ2) is 7.65. The molecule has 4 nitrogen and oxygen atoms in total. The molecule has 1 aliphatic heterocycles. The summed E-state index contributed by atoms with van der Waals surface area (Å²) in [6, 6.07) is 9.65. The van der Waals surface area contributed by atoms with E-state index >= 15 is 0 Å². The molecule has 0 unspecified atom stereocenters. The number of carbonyl (C=O) groups is 2. The van der Waals surface area contributed by atoms with Crippen molar-refractivity contribution in [2.75, 3.05) is 13.1 Å². The van der Waals surface area contributed by atoms with Gasteiger partial charge in [0, 0.05) is 20.0 Å². The summed E-state index contributed by atoms with van der Waals surface area (Å²) in [5.41, 5.74) is 1.30. The van der Waals surface area contributed by atoms with Gasteiger partial charge in [-0.25, -0.2) is 0 Å². The molecule has 128 valence electrons. The first-order chi connectivity index (χ1) is 11.6. The van der Waals surface area contributed by atoms with Crippen molar-refractivity contribution in [2.45, 2.75) is 39.0 Å². The number of nitrogens with zero attached hydrogens (tertiary/aromatic N) is 1. The maximum atomic E-state index is 13.0. The van der Waals surface area contributed by atoms with Gasteiger partial charge < -0.3 is 10.2 Å². The maximum Gasteiger partial charge on any atom is 0.270 e. The fraction of sp³-hybridized carbons (Fsp3) is 0.500. The lowest BCUT2D eigenvalue weighted by Crippen LogP contribution is -2.47. The Labute approximate surface area is 143 Å². The highest BCUT2D eigenvalue weighted by Gasteiger charge is 2.33. The standard InChI is InChI=1S/C20H26N2O2/c1-15(23)21-19(13-16-7-3-2-4-8-16)20(24)22-12-11-17-9-5-6-10-18(17)14-22/h2-4,7-8,13,17-18H,5-6,9-12,14H2,1H3,(H,21,23)/b19-13-/t17-,18-/m0/s1. The van der Waals surface area contributed by atoms with Gasteiger partial charge in [-0.2, -0.15) is 0 Å². The molecule has 0 bridgehead atoms. The molecule has 0 aromatic heterocycles. The largest absolute Gasteiger partial charge is 0.337 e. The highest BCUT2D eigenvalue weighted by atomic mass is 16.2. The Morgan fingerprint density at radius 1 is 1.08 bits per heavy atom. The lowest BCUT2D eigenvalue weighted by Gasteiger charge is -2.41. The van der Waals surface area contributed by atoms with E-state index in [-0.39, 0.29) is 11.8 Å². The van der Waals surface area contributed by atoms with Crippen molar-refractivity contribution in [3.05, 3.63) is 41.6 Å². The molecule has 1 aliphatic carbocycles. The Kier molecular flexibility index (Phi) is 5.34. The highest BCUT2D eigenvalue weighted by molar-refractivity contribution is 6.01. The van der Waals surface area contributed by atoms with Gasteiger partial charge in [-0.3, -0.25) is 9.59 Å². The summed E-state index contributed by atoms with van der Waals surface area (Å²) in [6.07, 6.45) is 8.02. The first-order valence-electron chi connectivity index (χ1n) is 8.97. The van der Waals surface area contributed by atoms with Crippen LogP contribution in [0.25, 0.3) is 6.08 Å². The monoisotopic (exact) mass is 326 g/mol.